The van der Waals surface area contributed by atoms with E-state index in [9.17, 15) is 14.9 Å². The van der Waals surface area contributed by atoms with Crippen LogP contribution in [-0.2, 0) is 21.5 Å². The van der Waals surface area contributed by atoms with E-state index in [1.165, 1.54) is 6.07 Å². The van der Waals surface area contributed by atoms with Gasteiger partial charge in [-0.15, -0.1) is 0 Å². The first kappa shape index (κ1) is 21.8. The Labute approximate surface area is 183 Å². The molecule has 1 saturated heterocycles. The maximum atomic E-state index is 13.1. The van der Waals surface area contributed by atoms with Gasteiger partial charge in [0.25, 0.3) is 5.69 Å². The van der Waals surface area contributed by atoms with Gasteiger partial charge in [-0.2, -0.15) is 0 Å². The summed E-state index contributed by atoms with van der Waals surface area (Å²) in [5.74, 6) is -0.534. The summed E-state index contributed by atoms with van der Waals surface area (Å²) in [6.45, 7) is 3.25. The largest absolute Gasteiger partial charge is 0.465 e. The highest BCUT2D eigenvalue weighted by Crippen LogP contribution is 2.48. The zero-order valence-electron chi connectivity index (χ0n) is 15.7. The van der Waals surface area contributed by atoms with Crippen molar-refractivity contribution in [1.29, 1.82) is 0 Å². The molecule has 0 aromatic heterocycles. The third-order valence-electron chi connectivity index (χ3n) is 5.10. The van der Waals surface area contributed by atoms with Crippen molar-refractivity contribution < 1.29 is 14.5 Å². The number of esters is 1. The topological polar surface area (TPSA) is 72.7 Å². The number of hydrogen-bond acceptors (Lipinski definition) is 5. The number of benzene rings is 2. The maximum absolute atomic E-state index is 13.1. The molecule has 0 aliphatic carbocycles. The van der Waals surface area contributed by atoms with Crippen molar-refractivity contribution in [2.45, 2.75) is 25.3 Å². The maximum Gasteiger partial charge on any atom is 0.318 e. The molecular weight excluding hydrogens is 439 g/mol. The Balaban J connectivity index is 2.08. The van der Waals surface area contributed by atoms with E-state index < -0.39 is 22.0 Å². The molecule has 3 rings (SSSR count). The molecule has 1 heterocycles. The van der Waals surface area contributed by atoms with Crippen molar-refractivity contribution in [2.75, 3.05) is 19.7 Å². The molecular formula is C20H19Cl3N2O4. The third kappa shape index (κ3) is 4.21. The molecule has 1 fully saturated rings. The monoisotopic (exact) mass is 456 g/mol. The van der Waals surface area contributed by atoms with Crippen LogP contribution in [-0.4, -0.2) is 35.5 Å². The van der Waals surface area contributed by atoms with Crippen LogP contribution >= 0.6 is 34.8 Å². The summed E-state index contributed by atoms with van der Waals surface area (Å²) in [5, 5.41) is 11.5. The van der Waals surface area contributed by atoms with Crippen LogP contribution in [0.3, 0.4) is 0 Å². The first-order valence-corrected chi connectivity index (χ1v) is 10.2. The van der Waals surface area contributed by atoms with Crippen molar-refractivity contribution in [3.63, 3.8) is 0 Å². The predicted molar refractivity (Wildman–Crippen MR) is 113 cm³/mol. The van der Waals surface area contributed by atoms with E-state index in [-0.39, 0.29) is 33.8 Å². The Kier molecular flexibility index (Phi) is 6.69. The summed E-state index contributed by atoms with van der Waals surface area (Å²) in [4.78, 5) is 26.3. The number of likely N-dealkylation sites (tertiary alicyclic amines) is 1. The molecule has 0 bridgehead atoms. The lowest BCUT2D eigenvalue weighted by molar-refractivity contribution is -0.385. The van der Waals surface area contributed by atoms with Crippen molar-refractivity contribution in [1.82, 2.24) is 4.90 Å². The summed E-state index contributed by atoms with van der Waals surface area (Å²) >= 11 is 18.4. The van der Waals surface area contributed by atoms with E-state index in [1.807, 2.05) is 30.3 Å². The first-order valence-electron chi connectivity index (χ1n) is 9.06. The van der Waals surface area contributed by atoms with Gasteiger partial charge in [-0.25, -0.2) is 0 Å². The van der Waals surface area contributed by atoms with Crippen molar-refractivity contribution in [3.05, 3.63) is 72.7 Å². The van der Waals surface area contributed by atoms with Gasteiger partial charge < -0.3 is 4.74 Å². The molecule has 29 heavy (non-hydrogen) atoms. The Morgan fingerprint density at radius 1 is 1.24 bits per heavy atom. The second kappa shape index (κ2) is 8.88. The van der Waals surface area contributed by atoms with Gasteiger partial charge in [-0.05, 0) is 25.0 Å². The summed E-state index contributed by atoms with van der Waals surface area (Å²) in [6, 6.07) is 11.2. The van der Waals surface area contributed by atoms with Crippen LogP contribution in [0, 0.1) is 10.1 Å². The number of ether oxygens (including phenoxy) is 1. The molecule has 1 atom stereocenters. The van der Waals surface area contributed by atoms with E-state index in [1.54, 1.807) is 6.92 Å². The molecule has 1 unspecified atom stereocenters. The normalized spacial score (nSPS) is 19.3. The van der Waals surface area contributed by atoms with Crippen molar-refractivity contribution in [2.24, 2.45) is 0 Å². The average molecular weight is 458 g/mol. The van der Waals surface area contributed by atoms with Gasteiger partial charge in [-0.3, -0.25) is 19.8 Å². The summed E-state index contributed by atoms with van der Waals surface area (Å²) in [7, 11) is 0. The third-order valence-corrected chi connectivity index (χ3v) is 6.35. The molecule has 1 aliphatic heterocycles. The molecule has 9 heteroatoms. The number of hydrogen-bond donors (Lipinski definition) is 0. The number of rotatable bonds is 6. The van der Waals surface area contributed by atoms with Gasteiger partial charge in [-0.1, -0.05) is 65.1 Å². The standard InChI is InChI=1S/C20H19Cl3N2O4/c1-2-29-19(26)20(8-9-24(12-20)11-13-6-4-3-5-7-13)14-10-15(21)16(22)17(23)18(14)25(27)28/h3-7,10H,2,8-9,11-12H2,1H3. The second-order valence-corrected chi connectivity index (χ2v) is 8.05. The smallest absolute Gasteiger partial charge is 0.318 e. The lowest BCUT2D eigenvalue weighted by Crippen LogP contribution is -2.41. The van der Waals surface area contributed by atoms with Gasteiger partial charge in [0, 0.05) is 19.6 Å². The van der Waals surface area contributed by atoms with Crippen LogP contribution in [0.25, 0.3) is 0 Å². The van der Waals surface area contributed by atoms with E-state index in [4.69, 9.17) is 39.5 Å². The van der Waals surface area contributed by atoms with Crippen LogP contribution in [0.15, 0.2) is 36.4 Å². The SMILES string of the molecule is CCOC(=O)C1(c2cc(Cl)c(Cl)c(Cl)c2[N+](=O)[O-])CCN(Cc2ccccc2)C1. The molecule has 0 N–H and O–H groups in total. The van der Waals surface area contributed by atoms with E-state index in [0.29, 0.717) is 19.5 Å². The molecule has 0 radical (unpaired) electrons. The van der Waals surface area contributed by atoms with Gasteiger partial charge >= 0.3 is 5.97 Å². The van der Waals surface area contributed by atoms with Crippen LogP contribution in [0.4, 0.5) is 5.69 Å². The molecule has 0 saturated carbocycles. The van der Waals surface area contributed by atoms with Gasteiger partial charge in [0.05, 0.1) is 27.1 Å². The molecule has 2 aromatic rings. The molecule has 1 aliphatic rings. The van der Waals surface area contributed by atoms with Crippen molar-refractivity contribution >= 4 is 46.5 Å². The van der Waals surface area contributed by atoms with Crippen LogP contribution in [0.1, 0.15) is 24.5 Å². The number of carbonyl (C=O) groups excluding carboxylic acids is 1. The summed E-state index contributed by atoms with van der Waals surface area (Å²) < 4.78 is 5.32. The van der Waals surface area contributed by atoms with Crippen molar-refractivity contribution in [3.8, 4) is 0 Å². The lowest BCUT2D eigenvalue weighted by atomic mass is 9.78. The van der Waals surface area contributed by atoms with Crippen LogP contribution < -0.4 is 0 Å². The number of nitro groups is 1. The molecule has 2 aromatic carbocycles. The minimum absolute atomic E-state index is 0.0578. The van der Waals surface area contributed by atoms with Crippen LogP contribution in [0.5, 0.6) is 0 Å². The molecule has 154 valence electrons. The first-order chi connectivity index (χ1) is 13.8. The minimum Gasteiger partial charge on any atom is -0.465 e. The number of carbonyl (C=O) groups is 1. The number of nitrogens with zero attached hydrogens (tertiary/aromatic N) is 2. The van der Waals surface area contributed by atoms with E-state index in [2.05, 4.69) is 4.90 Å². The van der Waals surface area contributed by atoms with Gasteiger partial charge in [0.1, 0.15) is 10.4 Å². The van der Waals surface area contributed by atoms with Crippen LogP contribution in [0.2, 0.25) is 15.1 Å². The van der Waals surface area contributed by atoms with E-state index >= 15 is 0 Å². The lowest BCUT2D eigenvalue weighted by Gasteiger charge is -2.28. The highest BCUT2D eigenvalue weighted by Gasteiger charge is 2.51. The number of nitro benzene ring substituents is 1. The fraction of sp³-hybridized carbons (Fsp3) is 0.350. The fourth-order valence-corrected chi connectivity index (χ4v) is 4.43. The summed E-state index contributed by atoms with van der Waals surface area (Å²) in [6.07, 6.45) is 0.341. The predicted octanol–water partition coefficient (Wildman–Crippen LogP) is 5.26. The Bertz CT molecular complexity index is 939. The fourth-order valence-electron chi connectivity index (χ4n) is 3.76. The molecule has 0 amide bonds. The Morgan fingerprint density at radius 3 is 2.55 bits per heavy atom. The highest BCUT2D eigenvalue weighted by molar-refractivity contribution is 6.49. The van der Waals surface area contributed by atoms with Gasteiger partial charge in [0.15, 0.2) is 0 Å². The van der Waals surface area contributed by atoms with E-state index in [0.717, 1.165) is 5.56 Å². The number of halogens is 3. The highest BCUT2D eigenvalue weighted by atomic mass is 35.5. The molecule has 6 nitrogen and oxygen atoms in total. The zero-order valence-corrected chi connectivity index (χ0v) is 17.9. The Morgan fingerprint density at radius 2 is 1.93 bits per heavy atom. The zero-order chi connectivity index (χ0) is 21.2. The van der Waals surface area contributed by atoms with Gasteiger partial charge in [0.2, 0.25) is 0 Å². The quantitative estimate of drug-likeness (QED) is 0.256. The molecule has 0 spiro atoms. The minimum atomic E-state index is -1.26. The second-order valence-electron chi connectivity index (χ2n) is 6.89. The average Bonchev–Trinajstić information content (AvgIpc) is 3.11. The Hall–Kier alpha value is -1.86. The summed E-state index contributed by atoms with van der Waals surface area (Å²) in [5.41, 5.74) is -0.453.